The van der Waals surface area contributed by atoms with Crippen LogP contribution in [0.1, 0.15) is 13.8 Å². The molecule has 1 rings (SSSR count). The molecule has 0 unspecified atom stereocenters. The van der Waals surface area contributed by atoms with Crippen LogP contribution in [0.25, 0.3) is 0 Å². The van der Waals surface area contributed by atoms with Gasteiger partial charge in [0, 0.05) is 17.6 Å². The van der Waals surface area contributed by atoms with Gasteiger partial charge in [0.15, 0.2) is 0 Å². The lowest BCUT2D eigenvalue weighted by Crippen LogP contribution is -2.32. The maximum absolute atomic E-state index is 11.7. The first-order valence-corrected chi connectivity index (χ1v) is 5.15. The second-order valence-corrected chi connectivity index (χ2v) is 4.29. The van der Waals surface area contributed by atoms with Crippen molar-refractivity contribution in [1.82, 2.24) is 0 Å². The van der Waals surface area contributed by atoms with Crippen LogP contribution in [0, 0.1) is 5.41 Å². The summed E-state index contributed by atoms with van der Waals surface area (Å²) < 4.78 is 0. The molecule has 0 aromatic heterocycles. The number of phenolic OH excluding ortho intramolecular Hbond substituents is 1. The number of hydrogen-bond donors (Lipinski definition) is 2. The Labute approximate surface area is 94.1 Å². The van der Waals surface area contributed by atoms with Gasteiger partial charge in [-0.3, -0.25) is 4.79 Å². The SMILES string of the molecule is CC(C)(CCl)C(=O)Nc1cccc(O)c1. The Balaban J connectivity index is 2.75. The third-order valence-corrected chi connectivity index (χ3v) is 2.72. The standard InChI is InChI=1S/C11H14ClNO2/c1-11(2,7-12)10(15)13-8-4-3-5-9(14)6-8/h3-6,14H,7H2,1-2H3,(H,13,15). The molecule has 0 bridgehead atoms. The Kier molecular flexibility index (Phi) is 3.58. The topological polar surface area (TPSA) is 49.3 Å². The summed E-state index contributed by atoms with van der Waals surface area (Å²) in [5, 5.41) is 11.9. The summed E-state index contributed by atoms with van der Waals surface area (Å²) in [6, 6.07) is 6.41. The monoisotopic (exact) mass is 227 g/mol. The summed E-state index contributed by atoms with van der Waals surface area (Å²) in [5.74, 6) is 0.206. The molecule has 0 aliphatic rings. The highest BCUT2D eigenvalue weighted by atomic mass is 35.5. The van der Waals surface area contributed by atoms with E-state index in [0.717, 1.165) is 0 Å². The van der Waals surface area contributed by atoms with E-state index in [1.54, 1.807) is 32.0 Å². The van der Waals surface area contributed by atoms with Crippen LogP contribution in [0.15, 0.2) is 24.3 Å². The van der Waals surface area contributed by atoms with Crippen molar-refractivity contribution in [3.8, 4) is 5.75 Å². The van der Waals surface area contributed by atoms with Crippen LogP contribution >= 0.6 is 11.6 Å². The van der Waals surface area contributed by atoms with Gasteiger partial charge in [-0.15, -0.1) is 11.6 Å². The lowest BCUT2D eigenvalue weighted by Gasteiger charge is -2.20. The summed E-state index contributed by atoms with van der Waals surface area (Å²) in [6.45, 7) is 3.52. The number of nitrogens with one attached hydrogen (secondary N) is 1. The number of carbonyl (C=O) groups excluding carboxylic acids is 1. The van der Waals surface area contributed by atoms with Gasteiger partial charge in [-0.2, -0.15) is 0 Å². The molecule has 4 heteroatoms. The van der Waals surface area contributed by atoms with Crippen molar-refractivity contribution in [3.05, 3.63) is 24.3 Å². The van der Waals surface area contributed by atoms with E-state index in [1.807, 2.05) is 0 Å². The molecular weight excluding hydrogens is 214 g/mol. The van der Waals surface area contributed by atoms with Crippen molar-refractivity contribution in [2.75, 3.05) is 11.2 Å². The number of anilines is 1. The van der Waals surface area contributed by atoms with Crippen LogP contribution in [0.4, 0.5) is 5.69 Å². The molecule has 0 heterocycles. The first-order chi connectivity index (χ1) is 6.95. The van der Waals surface area contributed by atoms with Gasteiger partial charge in [-0.1, -0.05) is 6.07 Å². The normalized spacial score (nSPS) is 11.1. The zero-order valence-corrected chi connectivity index (χ0v) is 9.51. The summed E-state index contributed by atoms with van der Waals surface area (Å²) in [5.41, 5.74) is -0.0503. The van der Waals surface area contributed by atoms with Crippen LogP contribution < -0.4 is 5.32 Å². The van der Waals surface area contributed by atoms with Gasteiger partial charge in [0.1, 0.15) is 5.75 Å². The number of hydrogen-bond acceptors (Lipinski definition) is 2. The Morgan fingerprint density at radius 1 is 1.53 bits per heavy atom. The summed E-state index contributed by atoms with van der Waals surface area (Å²) >= 11 is 5.68. The van der Waals surface area contributed by atoms with Crippen LogP contribution in [0.2, 0.25) is 0 Å². The van der Waals surface area contributed by atoms with Crippen molar-refractivity contribution in [2.45, 2.75) is 13.8 Å². The molecule has 1 aromatic carbocycles. The highest BCUT2D eigenvalue weighted by Crippen LogP contribution is 2.21. The zero-order valence-electron chi connectivity index (χ0n) is 8.75. The highest BCUT2D eigenvalue weighted by Gasteiger charge is 2.26. The molecule has 1 aromatic rings. The van der Waals surface area contributed by atoms with E-state index in [4.69, 9.17) is 11.6 Å². The van der Waals surface area contributed by atoms with E-state index < -0.39 is 5.41 Å². The molecule has 0 saturated carbocycles. The maximum atomic E-state index is 11.7. The number of carbonyl (C=O) groups is 1. The van der Waals surface area contributed by atoms with E-state index in [2.05, 4.69) is 5.32 Å². The summed E-state index contributed by atoms with van der Waals surface area (Å²) in [4.78, 5) is 11.7. The second kappa shape index (κ2) is 4.53. The van der Waals surface area contributed by atoms with Gasteiger partial charge in [-0.05, 0) is 26.0 Å². The van der Waals surface area contributed by atoms with Gasteiger partial charge >= 0.3 is 0 Å². The Bertz CT molecular complexity index is 363. The van der Waals surface area contributed by atoms with Crippen molar-refractivity contribution in [1.29, 1.82) is 0 Å². The number of halogens is 1. The Hall–Kier alpha value is -1.22. The molecule has 0 fully saturated rings. The van der Waals surface area contributed by atoms with Crippen molar-refractivity contribution in [3.63, 3.8) is 0 Å². The van der Waals surface area contributed by atoms with E-state index in [1.165, 1.54) is 6.07 Å². The zero-order chi connectivity index (χ0) is 11.5. The van der Waals surface area contributed by atoms with Gasteiger partial charge in [0.2, 0.25) is 5.91 Å². The number of alkyl halides is 1. The van der Waals surface area contributed by atoms with Crippen molar-refractivity contribution < 1.29 is 9.90 Å². The average Bonchev–Trinajstić information content (AvgIpc) is 2.17. The molecule has 0 aliphatic carbocycles. The average molecular weight is 228 g/mol. The molecule has 0 atom stereocenters. The lowest BCUT2D eigenvalue weighted by molar-refractivity contribution is -0.122. The molecule has 82 valence electrons. The minimum Gasteiger partial charge on any atom is -0.508 e. The van der Waals surface area contributed by atoms with Gasteiger partial charge in [0.25, 0.3) is 0 Å². The predicted octanol–water partition coefficient (Wildman–Crippen LogP) is 2.60. The molecule has 3 nitrogen and oxygen atoms in total. The molecule has 0 aliphatic heterocycles. The Morgan fingerprint density at radius 3 is 2.73 bits per heavy atom. The molecule has 15 heavy (non-hydrogen) atoms. The summed E-state index contributed by atoms with van der Waals surface area (Å²) in [7, 11) is 0. The fourth-order valence-corrected chi connectivity index (χ4v) is 1.07. The quantitative estimate of drug-likeness (QED) is 0.780. The van der Waals surface area contributed by atoms with Crippen LogP contribution in [-0.4, -0.2) is 16.9 Å². The smallest absolute Gasteiger partial charge is 0.231 e. The molecule has 2 N–H and O–H groups in total. The number of amides is 1. The molecule has 0 spiro atoms. The minimum atomic E-state index is -0.618. The number of benzene rings is 1. The molecule has 1 amide bonds. The van der Waals surface area contributed by atoms with Gasteiger partial charge in [-0.25, -0.2) is 0 Å². The third-order valence-electron chi connectivity index (χ3n) is 2.05. The van der Waals surface area contributed by atoms with E-state index >= 15 is 0 Å². The highest BCUT2D eigenvalue weighted by molar-refractivity contribution is 6.20. The van der Waals surface area contributed by atoms with Crippen molar-refractivity contribution >= 4 is 23.2 Å². The summed E-state index contributed by atoms with van der Waals surface area (Å²) in [6.07, 6.45) is 0. The van der Waals surface area contributed by atoms with Crippen LogP contribution in [0.5, 0.6) is 5.75 Å². The van der Waals surface area contributed by atoms with E-state index in [-0.39, 0.29) is 17.5 Å². The van der Waals surface area contributed by atoms with Crippen molar-refractivity contribution in [2.24, 2.45) is 5.41 Å². The number of phenols is 1. The van der Waals surface area contributed by atoms with Gasteiger partial charge in [0.05, 0.1) is 5.41 Å². The van der Waals surface area contributed by atoms with E-state index in [0.29, 0.717) is 5.69 Å². The van der Waals surface area contributed by atoms with Crippen LogP contribution in [0.3, 0.4) is 0 Å². The fourth-order valence-electron chi connectivity index (χ4n) is 0.945. The predicted molar refractivity (Wildman–Crippen MR) is 61.2 cm³/mol. The largest absolute Gasteiger partial charge is 0.508 e. The lowest BCUT2D eigenvalue weighted by atomic mass is 9.95. The first-order valence-electron chi connectivity index (χ1n) is 4.62. The van der Waals surface area contributed by atoms with Crippen LogP contribution in [-0.2, 0) is 4.79 Å². The fraction of sp³-hybridized carbons (Fsp3) is 0.364. The Morgan fingerprint density at radius 2 is 2.20 bits per heavy atom. The first kappa shape index (κ1) is 11.9. The maximum Gasteiger partial charge on any atom is 0.231 e. The van der Waals surface area contributed by atoms with E-state index in [9.17, 15) is 9.90 Å². The van der Waals surface area contributed by atoms with Gasteiger partial charge < -0.3 is 10.4 Å². The second-order valence-electron chi connectivity index (χ2n) is 4.02. The third kappa shape index (κ3) is 3.13. The minimum absolute atomic E-state index is 0.122. The molecule has 0 radical (unpaired) electrons. The number of aromatic hydroxyl groups is 1. The number of rotatable bonds is 3. The molecular formula is C11H14ClNO2. The molecule has 0 saturated heterocycles.